The second-order valence-electron chi connectivity index (χ2n) is 5.03. The van der Waals surface area contributed by atoms with Crippen LogP contribution in [0.1, 0.15) is 19.8 Å². The van der Waals surface area contributed by atoms with E-state index >= 15 is 0 Å². The number of carboxylic acids is 1. The van der Waals surface area contributed by atoms with E-state index in [4.69, 9.17) is 0 Å². The summed E-state index contributed by atoms with van der Waals surface area (Å²) >= 11 is 0. The van der Waals surface area contributed by atoms with Gasteiger partial charge in [0.2, 0.25) is 0 Å². The van der Waals surface area contributed by atoms with Gasteiger partial charge in [0.1, 0.15) is 5.82 Å². The Morgan fingerprint density at radius 2 is 2.37 bits per heavy atom. The largest absolute Gasteiger partial charge is 0.481 e. The molecule has 1 unspecified atom stereocenters. The zero-order valence-corrected chi connectivity index (χ0v) is 10.8. The van der Waals surface area contributed by atoms with Crippen molar-refractivity contribution in [2.24, 2.45) is 5.41 Å². The number of hydrogen-bond acceptors (Lipinski definition) is 4. The van der Waals surface area contributed by atoms with E-state index in [1.54, 1.807) is 10.7 Å². The summed E-state index contributed by atoms with van der Waals surface area (Å²) in [5.41, 5.74) is 0.149. The molecule has 0 spiro atoms. The first-order valence-corrected chi connectivity index (χ1v) is 6.43. The molecule has 0 saturated carbocycles. The summed E-state index contributed by atoms with van der Waals surface area (Å²) in [5.74, 6) is 0.118. The number of rotatable bonds is 3. The van der Waals surface area contributed by atoms with Gasteiger partial charge in [-0.15, -0.1) is 0 Å². The number of carbonyl (C=O) groups is 1. The Balaban J connectivity index is 1.89. The normalized spacial score (nSPS) is 23.1. The lowest BCUT2D eigenvalue weighted by Crippen LogP contribution is -2.34. The third-order valence-electron chi connectivity index (χ3n) is 4.05. The van der Waals surface area contributed by atoms with E-state index in [1.807, 2.05) is 30.2 Å². The molecule has 1 saturated heterocycles. The molecule has 0 aliphatic carbocycles. The monoisotopic (exact) mass is 260 g/mol. The van der Waals surface area contributed by atoms with E-state index in [0.717, 1.165) is 18.0 Å². The molecule has 1 aliphatic rings. The number of aromatic nitrogens is 3. The predicted octanol–water partition coefficient (Wildman–Crippen LogP) is 1.42. The molecule has 1 atom stereocenters. The van der Waals surface area contributed by atoms with E-state index < -0.39 is 11.4 Å². The average molecular weight is 260 g/mol. The maximum absolute atomic E-state index is 11.4. The lowest BCUT2D eigenvalue weighted by atomic mass is 9.84. The maximum Gasteiger partial charge on any atom is 0.311 e. The molecule has 3 rings (SSSR count). The fraction of sp³-hybridized carbons (Fsp3) is 0.462. The summed E-state index contributed by atoms with van der Waals surface area (Å²) in [5, 5.41) is 13.5. The van der Waals surface area contributed by atoms with Crippen molar-refractivity contribution in [2.45, 2.75) is 19.8 Å². The zero-order chi connectivity index (χ0) is 13.5. The van der Waals surface area contributed by atoms with Crippen LogP contribution in [0.25, 0.3) is 5.65 Å². The summed E-state index contributed by atoms with van der Waals surface area (Å²) in [6.07, 6.45) is 4.87. The third-order valence-corrected chi connectivity index (χ3v) is 4.05. The standard InChI is InChI=1S/C13H16N4O2/c1-2-13(12(18)19)5-8-16(9-13)10-4-7-17-11(15-10)3-6-14-17/h3-4,6-7H,2,5,8-9H2,1H3,(H,18,19). The lowest BCUT2D eigenvalue weighted by molar-refractivity contribution is -0.147. The first-order chi connectivity index (χ1) is 9.14. The minimum absolute atomic E-state index is 0.524. The van der Waals surface area contributed by atoms with Gasteiger partial charge < -0.3 is 10.0 Å². The fourth-order valence-corrected chi connectivity index (χ4v) is 2.66. The molecular weight excluding hydrogens is 244 g/mol. The lowest BCUT2D eigenvalue weighted by Gasteiger charge is -2.23. The van der Waals surface area contributed by atoms with E-state index in [0.29, 0.717) is 19.4 Å². The van der Waals surface area contributed by atoms with Crippen molar-refractivity contribution in [3.63, 3.8) is 0 Å². The Labute approximate surface area is 110 Å². The molecule has 1 fully saturated rings. The number of hydrogen-bond donors (Lipinski definition) is 1. The van der Waals surface area contributed by atoms with Gasteiger partial charge in [0.25, 0.3) is 0 Å². The van der Waals surface area contributed by atoms with Crippen LogP contribution in [0.4, 0.5) is 5.82 Å². The van der Waals surface area contributed by atoms with Crippen molar-refractivity contribution in [2.75, 3.05) is 18.0 Å². The van der Waals surface area contributed by atoms with Gasteiger partial charge in [0.15, 0.2) is 5.65 Å². The van der Waals surface area contributed by atoms with Gasteiger partial charge >= 0.3 is 5.97 Å². The summed E-state index contributed by atoms with van der Waals surface area (Å²) in [6.45, 7) is 3.19. The summed E-state index contributed by atoms with van der Waals surface area (Å²) in [6, 6.07) is 3.72. The van der Waals surface area contributed by atoms with Gasteiger partial charge in [-0.25, -0.2) is 9.50 Å². The predicted molar refractivity (Wildman–Crippen MR) is 70.2 cm³/mol. The quantitative estimate of drug-likeness (QED) is 0.903. The van der Waals surface area contributed by atoms with Gasteiger partial charge in [-0.1, -0.05) is 6.92 Å². The van der Waals surface area contributed by atoms with Crippen molar-refractivity contribution in [1.82, 2.24) is 14.6 Å². The number of carboxylic acid groups (broad SMARTS) is 1. The average Bonchev–Trinajstić information content (AvgIpc) is 3.05. The molecule has 1 aliphatic heterocycles. The van der Waals surface area contributed by atoms with Crippen molar-refractivity contribution in [1.29, 1.82) is 0 Å². The van der Waals surface area contributed by atoms with Crippen LogP contribution in [0, 0.1) is 5.41 Å². The minimum Gasteiger partial charge on any atom is -0.481 e. The third kappa shape index (κ3) is 1.83. The van der Waals surface area contributed by atoms with Crippen molar-refractivity contribution >= 4 is 17.4 Å². The molecule has 0 amide bonds. The fourth-order valence-electron chi connectivity index (χ4n) is 2.66. The summed E-state index contributed by atoms with van der Waals surface area (Å²) in [4.78, 5) is 18.0. The second kappa shape index (κ2) is 4.22. The Kier molecular flexibility index (Phi) is 2.66. The first-order valence-electron chi connectivity index (χ1n) is 6.43. The molecule has 1 N–H and O–H groups in total. The maximum atomic E-state index is 11.4. The molecule has 2 aromatic rings. The van der Waals surface area contributed by atoms with Gasteiger partial charge in [0, 0.05) is 25.4 Å². The van der Waals surface area contributed by atoms with Gasteiger partial charge in [-0.3, -0.25) is 4.79 Å². The van der Waals surface area contributed by atoms with Gasteiger partial charge in [-0.2, -0.15) is 5.10 Å². The molecule has 3 heterocycles. The van der Waals surface area contributed by atoms with Crippen LogP contribution in [0.2, 0.25) is 0 Å². The highest BCUT2D eigenvalue weighted by atomic mass is 16.4. The first kappa shape index (κ1) is 12.0. The summed E-state index contributed by atoms with van der Waals surface area (Å²) in [7, 11) is 0. The molecule has 2 aromatic heterocycles. The molecule has 6 nitrogen and oxygen atoms in total. The van der Waals surface area contributed by atoms with E-state index in [2.05, 4.69) is 10.1 Å². The number of fused-ring (bicyclic) bond motifs is 1. The highest BCUT2D eigenvalue weighted by Crippen LogP contribution is 2.36. The molecular formula is C13H16N4O2. The van der Waals surface area contributed by atoms with Gasteiger partial charge in [-0.05, 0) is 18.9 Å². The van der Waals surface area contributed by atoms with Crippen LogP contribution in [-0.4, -0.2) is 38.8 Å². The van der Waals surface area contributed by atoms with E-state index in [1.165, 1.54) is 0 Å². The van der Waals surface area contributed by atoms with E-state index in [9.17, 15) is 9.90 Å². The van der Waals surface area contributed by atoms with Crippen LogP contribution in [0.5, 0.6) is 0 Å². The number of aliphatic carboxylic acids is 1. The van der Waals surface area contributed by atoms with Crippen LogP contribution in [0.3, 0.4) is 0 Å². The van der Waals surface area contributed by atoms with Crippen LogP contribution >= 0.6 is 0 Å². The zero-order valence-electron chi connectivity index (χ0n) is 10.8. The molecule has 0 radical (unpaired) electrons. The molecule has 0 aromatic carbocycles. The van der Waals surface area contributed by atoms with Crippen LogP contribution < -0.4 is 4.90 Å². The van der Waals surface area contributed by atoms with Crippen molar-refractivity contribution in [3.8, 4) is 0 Å². The van der Waals surface area contributed by atoms with Crippen molar-refractivity contribution < 1.29 is 9.90 Å². The summed E-state index contributed by atoms with van der Waals surface area (Å²) < 4.78 is 1.70. The Morgan fingerprint density at radius 1 is 1.53 bits per heavy atom. The van der Waals surface area contributed by atoms with E-state index in [-0.39, 0.29) is 0 Å². The van der Waals surface area contributed by atoms with Crippen LogP contribution in [-0.2, 0) is 4.79 Å². The number of nitrogens with zero attached hydrogens (tertiary/aromatic N) is 4. The van der Waals surface area contributed by atoms with Crippen molar-refractivity contribution in [3.05, 3.63) is 24.5 Å². The molecule has 6 heteroatoms. The topological polar surface area (TPSA) is 70.7 Å². The van der Waals surface area contributed by atoms with Crippen LogP contribution in [0.15, 0.2) is 24.5 Å². The molecule has 0 bridgehead atoms. The molecule has 100 valence electrons. The smallest absolute Gasteiger partial charge is 0.311 e. The Bertz CT molecular complexity index is 624. The Hall–Kier alpha value is -2.11. The molecule has 19 heavy (non-hydrogen) atoms. The number of anilines is 1. The Morgan fingerprint density at radius 3 is 3.05 bits per heavy atom. The van der Waals surface area contributed by atoms with Gasteiger partial charge in [0.05, 0.1) is 11.6 Å². The second-order valence-corrected chi connectivity index (χ2v) is 5.03. The SMILES string of the molecule is CCC1(C(=O)O)CCN(c2ccn3nccc3n2)C1. The highest BCUT2D eigenvalue weighted by Gasteiger charge is 2.43. The minimum atomic E-state index is -0.706. The highest BCUT2D eigenvalue weighted by molar-refractivity contribution is 5.76.